The molecule has 0 saturated carbocycles. The van der Waals surface area contributed by atoms with Gasteiger partial charge in [-0.3, -0.25) is 8.98 Å². The molecule has 112 valence electrons. The summed E-state index contributed by atoms with van der Waals surface area (Å²) >= 11 is 0. The molecule has 1 rings (SSSR count). The van der Waals surface area contributed by atoms with Crippen molar-refractivity contribution >= 4 is 15.9 Å². The lowest BCUT2D eigenvalue weighted by atomic mass is 10.1. The molecule has 0 aliphatic carbocycles. The van der Waals surface area contributed by atoms with Gasteiger partial charge in [0.25, 0.3) is 10.1 Å². The molecular formula is C14H20O5S. The van der Waals surface area contributed by atoms with Crippen molar-refractivity contribution < 1.29 is 22.1 Å². The minimum atomic E-state index is -3.90. The second-order valence-electron chi connectivity index (χ2n) is 4.76. The van der Waals surface area contributed by atoms with Gasteiger partial charge in [-0.25, -0.2) is 0 Å². The average molecular weight is 300 g/mol. The smallest absolute Gasteiger partial charge is 0.297 e. The zero-order valence-corrected chi connectivity index (χ0v) is 12.8. The van der Waals surface area contributed by atoms with Crippen LogP contribution >= 0.6 is 0 Å². The lowest BCUT2D eigenvalue weighted by molar-refractivity contribution is -0.121. The summed E-state index contributed by atoms with van der Waals surface area (Å²) in [6, 6.07) is 5.89. The van der Waals surface area contributed by atoms with Crippen LogP contribution in [0.2, 0.25) is 0 Å². The second kappa shape index (κ2) is 7.40. The van der Waals surface area contributed by atoms with E-state index in [1.54, 1.807) is 12.1 Å². The van der Waals surface area contributed by atoms with E-state index >= 15 is 0 Å². The van der Waals surface area contributed by atoms with Crippen molar-refractivity contribution in [2.24, 2.45) is 5.92 Å². The first-order valence-corrected chi connectivity index (χ1v) is 7.90. The predicted octanol–water partition coefficient (Wildman–Crippen LogP) is 2.41. The maximum atomic E-state index is 11.9. The van der Waals surface area contributed by atoms with Crippen LogP contribution in [0.4, 0.5) is 0 Å². The van der Waals surface area contributed by atoms with Crippen LogP contribution in [-0.4, -0.2) is 27.4 Å². The van der Waals surface area contributed by atoms with Gasteiger partial charge in [0, 0.05) is 6.42 Å². The summed E-state index contributed by atoms with van der Waals surface area (Å²) in [4.78, 5) is 11.5. The third kappa shape index (κ3) is 5.30. The van der Waals surface area contributed by atoms with Crippen LogP contribution in [0.5, 0.6) is 5.75 Å². The van der Waals surface area contributed by atoms with E-state index in [9.17, 15) is 13.2 Å². The Morgan fingerprint density at radius 1 is 1.20 bits per heavy atom. The normalized spacial score (nSPS) is 11.6. The highest BCUT2D eigenvalue weighted by Gasteiger charge is 2.17. The van der Waals surface area contributed by atoms with E-state index in [-0.39, 0.29) is 16.6 Å². The number of carbonyl (C=O) groups is 1. The number of hydrogen-bond donors (Lipinski definition) is 0. The molecule has 0 bridgehead atoms. The van der Waals surface area contributed by atoms with Crippen LogP contribution in [0, 0.1) is 5.92 Å². The summed E-state index contributed by atoms with van der Waals surface area (Å²) < 4.78 is 33.7. The van der Waals surface area contributed by atoms with Gasteiger partial charge in [-0.2, -0.15) is 8.42 Å². The van der Waals surface area contributed by atoms with E-state index in [1.165, 1.54) is 12.1 Å². The number of Topliss-reactive ketones (excluding diaryl/α,β-unsaturated/α-hetero) is 1. The summed E-state index contributed by atoms with van der Waals surface area (Å²) in [6.07, 6.45) is 0.304. The zero-order valence-electron chi connectivity index (χ0n) is 12.0. The first-order chi connectivity index (χ1) is 9.35. The number of ketones is 1. The molecule has 0 aromatic heterocycles. The maximum absolute atomic E-state index is 11.9. The Bertz CT molecular complexity index is 531. The fourth-order valence-electron chi connectivity index (χ4n) is 1.59. The van der Waals surface area contributed by atoms with Crippen LogP contribution in [0.1, 0.15) is 27.2 Å². The Morgan fingerprint density at radius 2 is 1.80 bits per heavy atom. The van der Waals surface area contributed by atoms with Crippen molar-refractivity contribution in [3.63, 3.8) is 0 Å². The van der Waals surface area contributed by atoms with Crippen molar-refractivity contribution in [1.29, 1.82) is 0 Å². The minimum absolute atomic E-state index is 0.0123. The molecule has 0 unspecified atom stereocenters. The molecule has 0 spiro atoms. The SMILES string of the molecule is CCOc1ccc(S(=O)(=O)OCC(=O)CC(C)C)cc1. The minimum Gasteiger partial charge on any atom is -0.494 e. The van der Waals surface area contributed by atoms with Crippen molar-refractivity contribution in [3.8, 4) is 5.75 Å². The maximum Gasteiger partial charge on any atom is 0.297 e. The first kappa shape index (κ1) is 16.7. The van der Waals surface area contributed by atoms with E-state index in [1.807, 2.05) is 20.8 Å². The highest BCUT2D eigenvalue weighted by molar-refractivity contribution is 7.86. The van der Waals surface area contributed by atoms with Gasteiger partial charge in [0.05, 0.1) is 11.5 Å². The molecule has 1 aromatic carbocycles. The number of ether oxygens (including phenoxy) is 1. The Hall–Kier alpha value is -1.40. The van der Waals surface area contributed by atoms with Crippen LogP contribution in [0.3, 0.4) is 0 Å². The Kier molecular flexibility index (Phi) is 6.16. The van der Waals surface area contributed by atoms with Gasteiger partial charge in [0.15, 0.2) is 5.78 Å². The molecule has 20 heavy (non-hydrogen) atoms. The Labute approximate surface area is 120 Å². The first-order valence-electron chi connectivity index (χ1n) is 6.49. The molecular weight excluding hydrogens is 280 g/mol. The fraction of sp³-hybridized carbons (Fsp3) is 0.500. The van der Waals surface area contributed by atoms with Crippen LogP contribution in [0.15, 0.2) is 29.2 Å². The standard InChI is InChI=1S/C14H20O5S/c1-4-18-13-5-7-14(8-6-13)20(16,17)19-10-12(15)9-11(2)3/h5-8,11H,4,9-10H2,1-3H3. The van der Waals surface area contributed by atoms with Gasteiger partial charge in [-0.15, -0.1) is 0 Å². The summed E-state index contributed by atoms with van der Waals surface area (Å²) in [6.45, 7) is 5.70. The van der Waals surface area contributed by atoms with Gasteiger partial charge in [-0.05, 0) is 37.1 Å². The molecule has 0 heterocycles. The summed E-state index contributed by atoms with van der Waals surface area (Å²) in [7, 11) is -3.90. The van der Waals surface area contributed by atoms with Crippen LogP contribution < -0.4 is 4.74 Å². The zero-order chi connectivity index (χ0) is 15.2. The highest BCUT2D eigenvalue weighted by atomic mass is 32.2. The molecule has 0 N–H and O–H groups in total. The van der Waals surface area contributed by atoms with E-state index in [4.69, 9.17) is 8.92 Å². The lowest BCUT2D eigenvalue weighted by Crippen LogP contribution is -2.15. The van der Waals surface area contributed by atoms with E-state index in [0.717, 1.165) is 0 Å². The molecule has 1 aromatic rings. The molecule has 0 fully saturated rings. The quantitative estimate of drug-likeness (QED) is 0.690. The Morgan fingerprint density at radius 3 is 2.30 bits per heavy atom. The van der Waals surface area contributed by atoms with Crippen molar-refractivity contribution in [2.75, 3.05) is 13.2 Å². The molecule has 0 aliphatic heterocycles. The second-order valence-corrected chi connectivity index (χ2v) is 6.37. The number of carbonyl (C=O) groups excluding carboxylic acids is 1. The fourth-order valence-corrected chi connectivity index (χ4v) is 2.49. The van der Waals surface area contributed by atoms with E-state index in [0.29, 0.717) is 18.8 Å². The van der Waals surface area contributed by atoms with Gasteiger partial charge < -0.3 is 4.74 Å². The molecule has 0 atom stereocenters. The molecule has 0 amide bonds. The summed E-state index contributed by atoms with van der Waals surface area (Å²) in [5.41, 5.74) is 0. The number of benzene rings is 1. The summed E-state index contributed by atoms with van der Waals surface area (Å²) in [5, 5.41) is 0. The molecule has 0 saturated heterocycles. The molecule has 5 nitrogen and oxygen atoms in total. The Balaban J connectivity index is 2.66. The monoisotopic (exact) mass is 300 g/mol. The molecule has 0 aliphatic rings. The van der Waals surface area contributed by atoms with Crippen molar-refractivity contribution in [3.05, 3.63) is 24.3 Å². The van der Waals surface area contributed by atoms with Crippen LogP contribution in [0.25, 0.3) is 0 Å². The molecule has 0 radical (unpaired) electrons. The van der Waals surface area contributed by atoms with Crippen molar-refractivity contribution in [1.82, 2.24) is 0 Å². The van der Waals surface area contributed by atoms with Gasteiger partial charge in [0.2, 0.25) is 0 Å². The third-order valence-electron chi connectivity index (χ3n) is 2.43. The van der Waals surface area contributed by atoms with Gasteiger partial charge >= 0.3 is 0 Å². The summed E-state index contributed by atoms with van der Waals surface area (Å²) in [5.74, 6) is 0.538. The van der Waals surface area contributed by atoms with Gasteiger partial charge in [-0.1, -0.05) is 13.8 Å². The molecule has 6 heteroatoms. The van der Waals surface area contributed by atoms with E-state index in [2.05, 4.69) is 0 Å². The topological polar surface area (TPSA) is 69.7 Å². The van der Waals surface area contributed by atoms with Crippen molar-refractivity contribution in [2.45, 2.75) is 32.1 Å². The van der Waals surface area contributed by atoms with Gasteiger partial charge in [0.1, 0.15) is 12.4 Å². The third-order valence-corrected chi connectivity index (χ3v) is 3.71. The van der Waals surface area contributed by atoms with E-state index < -0.39 is 16.7 Å². The van der Waals surface area contributed by atoms with Crippen LogP contribution in [-0.2, 0) is 19.1 Å². The largest absolute Gasteiger partial charge is 0.494 e. The lowest BCUT2D eigenvalue weighted by Gasteiger charge is -2.07. The predicted molar refractivity (Wildman–Crippen MR) is 75.2 cm³/mol. The number of hydrogen-bond acceptors (Lipinski definition) is 5. The average Bonchev–Trinajstić information content (AvgIpc) is 2.37. The highest BCUT2D eigenvalue weighted by Crippen LogP contribution is 2.18. The number of rotatable bonds is 8.